The number of nitrogens with one attached hydrogen (secondary N) is 1. The monoisotopic (exact) mass is 302 g/mol. The number of thioether (sulfide) groups is 1. The minimum absolute atomic E-state index is 0.234. The van der Waals surface area contributed by atoms with Crippen LogP contribution in [0, 0.1) is 0 Å². The van der Waals surface area contributed by atoms with Gasteiger partial charge in [-0.2, -0.15) is 16.1 Å². The first-order valence-electron chi connectivity index (χ1n) is 6.12. The number of anilines is 1. The molecule has 8 heteroatoms. The summed E-state index contributed by atoms with van der Waals surface area (Å²) in [6.07, 6.45) is 2.42. The van der Waals surface area contributed by atoms with Crippen LogP contribution in [-0.2, 0) is 10.0 Å². The van der Waals surface area contributed by atoms with Crippen molar-refractivity contribution in [3.63, 3.8) is 0 Å². The number of nitrogens with zero attached hydrogens (tertiary/aromatic N) is 2. The maximum atomic E-state index is 12.5. The molecule has 1 aromatic rings. The summed E-state index contributed by atoms with van der Waals surface area (Å²) in [7, 11) is -3.45. The Morgan fingerprint density at radius 1 is 1.63 bits per heavy atom. The highest BCUT2D eigenvalue weighted by molar-refractivity contribution is 8.00. The van der Waals surface area contributed by atoms with E-state index in [1.165, 1.54) is 18.3 Å². The van der Waals surface area contributed by atoms with Gasteiger partial charge in [-0.3, -0.25) is 0 Å². The molecule has 1 aliphatic rings. The van der Waals surface area contributed by atoms with Gasteiger partial charge >= 0.3 is 0 Å². The number of sulfonamides is 1. The Morgan fingerprint density at radius 2 is 2.42 bits per heavy atom. The van der Waals surface area contributed by atoms with E-state index in [4.69, 9.17) is 5.84 Å². The van der Waals surface area contributed by atoms with Crippen LogP contribution in [0.4, 0.5) is 5.82 Å². The second-order valence-electron chi connectivity index (χ2n) is 4.29. The molecule has 1 unspecified atom stereocenters. The molecule has 0 radical (unpaired) electrons. The third kappa shape index (κ3) is 3.19. The van der Waals surface area contributed by atoms with Crippen molar-refractivity contribution in [2.45, 2.75) is 23.5 Å². The maximum Gasteiger partial charge on any atom is 0.243 e. The standard InChI is InChI=1S/C11H18N4O2S2/c1-2-9-8-15(5-6-18-9)19(16,17)10-3-4-13-11(7-10)14-12/h3-4,7,9H,2,5-6,8,12H2,1H3,(H,13,14). The summed E-state index contributed by atoms with van der Waals surface area (Å²) in [6.45, 7) is 3.20. The lowest BCUT2D eigenvalue weighted by atomic mass is 10.3. The molecular formula is C11H18N4O2S2. The number of hydrazine groups is 1. The molecular weight excluding hydrogens is 284 g/mol. The third-order valence-electron chi connectivity index (χ3n) is 3.07. The molecule has 19 heavy (non-hydrogen) atoms. The van der Waals surface area contributed by atoms with E-state index in [1.54, 1.807) is 4.31 Å². The Kier molecular flexibility index (Phi) is 4.67. The van der Waals surface area contributed by atoms with Gasteiger partial charge in [-0.1, -0.05) is 6.92 Å². The van der Waals surface area contributed by atoms with E-state index >= 15 is 0 Å². The van der Waals surface area contributed by atoms with Crippen LogP contribution in [0.3, 0.4) is 0 Å². The molecule has 1 aromatic heterocycles. The van der Waals surface area contributed by atoms with Gasteiger partial charge in [0, 0.05) is 36.4 Å². The number of rotatable bonds is 4. The van der Waals surface area contributed by atoms with Crippen molar-refractivity contribution >= 4 is 27.6 Å². The first kappa shape index (κ1) is 14.6. The minimum Gasteiger partial charge on any atom is -0.308 e. The number of aromatic nitrogens is 1. The Bertz CT molecular complexity index is 535. The van der Waals surface area contributed by atoms with E-state index in [-0.39, 0.29) is 4.90 Å². The summed E-state index contributed by atoms with van der Waals surface area (Å²) < 4.78 is 26.6. The van der Waals surface area contributed by atoms with Crippen molar-refractivity contribution in [2.24, 2.45) is 5.84 Å². The predicted molar refractivity (Wildman–Crippen MR) is 77.3 cm³/mol. The molecule has 0 aromatic carbocycles. The van der Waals surface area contributed by atoms with Crippen molar-refractivity contribution in [2.75, 3.05) is 24.3 Å². The van der Waals surface area contributed by atoms with E-state index in [0.29, 0.717) is 24.2 Å². The molecule has 2 heterocycles. The Labute approximate surface area is 117 Å². The van der Waals surface area contributed by atoms with Crippen molar-refractivity contribution in [3.05, 3.63) is 18.3 Å². The fourth-order valence-corrected chi connectivity index (χ4v) is 4.85. The lowest BCUT2D eigenvalue weighted by Crippen LogP contribution is -2.41. The zero-order chi connectivity index (χ0) is 13.9. The third-order valence-corrected chi connectivity index (χ3v) is 6.31. The van der Waals surface area contributed by atoms with E-state index in [9.17, 15) is 8.42 Å². The van der Waals surface area contributed by atoms with E-state index in [2.05, 4.69) is 17.3 Å². The summed E-state index contributed by atoms with van der Waals surface area (Å²) in [5.41, 5.74) is 2.36. The smallest absolute Gasteiger partial charge is 0.243 e. The quantitative estimate of drug-likeness (QED) is 0.634. The summed E-state index contributed by atoms with van der Waals surface area (Å²) in [5, 5.41) is 0.373. The van der Waals surface area contributed by atoms with Crippen LogP contribution in [-0.4, -0.2) is 41.8 Å². The van der Waals surface area contributed by atoms with Gasteiger partial charge in [0.1, 0.15) is 5.82 Å². The van der Waals surface area contributed by atoms with Gasteiger partial charge in [0.2, 0.25) is 10.0 Å². The molecule has 0 aliphatic carbocycles. The molecule has 0 spiro atoms. The van der Waals surface area contributed by atoms with E-state index < -0.39 is 10.0 Å². The summed E-state index contributed by atoms with van der Waals surface area (Å²) >= 11 is 1.84. The summed E-state index contributed by atoms with van der Waals surface area (Å²) in [6, 6.07) is 2.96. The molecule has 3 N–H and O–H groups in total. The van der Waals surface area contributed by atoms with Crippen molar-refractivity contribution in [1.82, 2.24) is 9.29 Å². The van der Waals surface area contributed by atoms with Crippen LogP contribution in [0.15, 0.2) is 23.2 Å². The molecule has 2 rings (SSSR count). The highest BCUT2D eigenvalue weighted by Crippen LogP contribution is 2.26. The maximum absolute atomic E-state index is 12.5. The average Bonchev–Trinajstić information content (AvgIpc) is 2.47. The highest BCUT2D eigenvalue weighted by Gasteiger charge is 2.30. The lowest BCUT2D eigenvalue weighted by Gasteiger charge is -2.31. The second-order valence-corrected chi connectivity index (χ2v) is 7.63. The molecule has 0 amide bonds. The van der Waals surface area contributed by atoms with E-state index in [0.717, 1.165) is 12.2 Å². The Balaban J connectivity index is 2.25. The van der Waals surface area contributed by atoms with Gasteiger partial charge in [-0.15, -0.1) is 0 Å². The lowest BCUT2D eigenvalue weighted by molar-refractivity contribution is 0.416. The van der Waals surface area contributed by atoms with Crippen LogP contribution in [0.25, 0.3) is 0 Å². The normalized spacial score (nSPS) is 21.3. The van der Waals surface area contributed by atoms with Crippen LogP contribution < -0.4 is 11.3 Å². The molecule has 106 valence electrons. The van der Waals surface area contributed by atoms with Gasteiger partial charge < -0.3 is 5.43 Å². The van der Waals surface area contributed by atoms with Crippen LogP contribution in [0.2, 0.25) is 0 Å². The largest absolute Gasteiger partial charge is 0.308 e. The van der Waals surface area contributed by atoms with Gasteiger partial charge in [-0.05, 0) is 12.5 Å². The Morgan fingerprint density at radius 3 is 3.11 bits per heavy atom. The first-order valence-corrected chi connectivity index (χ1v) is 8.61. The second kappa shape index (κ2) is 6.08. The van der Waals surface area contributed by atoms with Gasteiger partial charge in [0.15, 0.2) is 0 Å². The number of pyridine rings is 1. The Hall–Kier alpha value is -0.830. The number of nitrogens with two attached hydrogens (primary N) is 1. The number of hydrogen-bond donors (Lipinski definition) is 2. The predicted octanol–water partition coefficient (Wildman–Crippen LogP) is 0.883. The zero-order valence-electron chi connectivity index (χ0n) is 10.7. The number of nitrogen functional groups attached to an aromatic ring is 1. The SMILES string of the molecule is CCC1CN(S(=O)(=O)c2ccnc(NN)c2)CCS1. The summed E-state index contributed by atoms with van der Waals surface area (Å²) in [4.78, 5) is 4.16. The van der Waals surface area contributed by atoms with Gasteiger partial charge in [0.05, 0.1) is 4.90 Å². The zero-order valence-corrected chi connectivity index (χ0v) is 12.4. The highest BCUT2D eigenvalue weighted by atomic mass is 32.2. The molecule has 0 saturated carbocycles. The average molecular weight is 302 g/mol. The van der Waals surface area contributed by atoms with Crippen LogP contribution >= 0.6 is 11.8 Å². The van der Waals surface area contributed by atoms with Crippen LogP contribution in [0.5, 0.6) is 0 Å². The fourth-order valence-electron chi connectivity index (χ4n) is 1.96. The molecule has 6 nitrogen and oxygen atoms in total. The van der Waals surface area contributed by atoms with E-state index in [1.807, 2.05) is 11.8 Å². The van der Waals surface area contributed by atoms with Crippen LogP contribution in [0.1, 0.15) is 13.3 Å². The molecule has 1 atom stereocenters. The number of hydrogen-bond acceptors (Lipinski definition) is 6. The van der Waals surface area contributed by atoms with Crippen molar-refractivity contribution in [3.8, 4) is 0 Å². The van der Waals surface area contributed by atoms with Gasteiger partial charge in [-0.25, -0.2) is 19.2 Å². The molecule has 1 aliphatic heterocycles. The molecule has 0 bridgehead atoms. The first-order chi connectivity index (χ1) is 9.07. The van der Waals surface area contributed by atoms with Crippen molar-refractivity contribution in [1.29, 1.82) is 0 Å². The minimum atomic E-state index is -3.45. The topological polar surface area (TPSA) is 88.3 Å². The van der Waals surface area contributed by atoms with Gasteiger partial charge in [0.25, 0.3) is 0 Å². The molecule has 1 fully saturated rings. The molecule has 1 saturated heterocycles. The fraction of sp³-hybridized carbons (Fsp3) is 0.545. The van der Waals surface area contributed by atoms with Crippen molar-refractivity contribution < 1.29 is 8.42 Å². The summed E-state index contributed by atoms with van der Waals surface area (Å²) in [5.74, 6) is 6.44.